The Kier molecular flexibility index (Phi) is 2.85. The van der Waals surface area contributed by atoms with Gasteiger partial charge in [0.25, 0.3) is 0 Å². The normalized spacial score (nSPS) is 20.2. The Hall–Kier alpha value is -1.37. The van der Waals surface area contributed by atoms with Gasteiger partial charge in [0.1, 0.15) is 0 Å². The van der Waals surface area contributed by atoms with Gasteiger partial charge in [-0.3, -0.25) is 14.9 Å². The van der Waals surface area contributed by atoms with Crippen molar-refractivity contribution in [1.82, 2.24) is 10.3 Å². The van der Waals surface area contributed by atoms with Gasteiger partial charge in [-0.15, -0.1) is 0 Å². The van der Waals surface area contributed by atoms with Crippen LogP contribution in [0.2, 0.25) is 0 Å². The molecule has 5 heteroatoms. The fourth-order valence-electron chi connectivity index (χ4n) is 2.32. The lowest BCUT2D eigenvalue weighted by molar-refractivity contribution is -0.134. The highest BCUT2D eigenvalue weighted by molar-refractivity contribution is 14.1. The molecule has 1 aliphatic rings. The Bertz CT molecular complexity index is 647. The average molecular weight is 354 g/mol. The second kappa shape index (κ2) is 4.38. The van der Waals surface area contributed by atoms with E-state index in [0.29, 0.717) is 12.8 Å². The highest BCUT2D eigenvalue weighted by Gasteiger charge is 2.29. The van der Waals surface area contributed by atoms with Gasteiger partial charge in [0.15, 0.2) is 0 Å². The monoisotopic (exact) mass is 354 g/mol. The minimum Gasteiger partial charge on any atom is -0.357 e. The number of para-hydroxylation sites is 1. The number of hydrogen-bond acceptors (Lipinski definition) is 2. The van der Waals surface area contributed by atoms with E-state index < -0.39 is 0 Å². The molecule has 2 N–H and O–H groups in total. The van der Waals surface area contributed by atoms with Crippen LogP contribution in [0.5, 0.6) is 0 Å². The maximum Gasteiger partial charge on any atom is 0.235 e. The standard InChI is InChI=1S/C13H11IN2O2/c14-9-3-1-2-7-6-10(15-12(7)9)8-4-5-11(17)16-13(8)18/h1-3,6,8,15H,4-5H2,(H,16,17,18). The van der Waals surface area contributed by atoms with Gasteiger partial charge in [-0.05, 0) is 41.1 Å². The van der Waals surface area contributed by atoms with Crippen LogP contribution in [-0.2, 0) is 9.59 Å². The number of H-pyrrole nitrogens is 1. The van der Waals surface area contributed by atoms with Gasteiger partial charge in [0.05, 0.1) is 11.4 Å². The quantitative estimate of drug-likeness (QED) is 0.610. The Balaban J connectivity index is 2.02. The smallest absolute Gasteiger partial charge is 0.235 e. The molecule has 0 aliphatic carbocycles. The Morgan fingerprint density at radius 2 is 2.11 bits per heavy atom. The van der Waals surface area contributed by atoms with Crippen LogP contribution in [-0.4, -0.2) is 16.8 Å². The number of hydrogen-bond donors (Lipinski definition) is 2. The van der Waals surface area contributed by atoms with E-state index in [4.69, 9.17) is 0 Å². The maximum atomic E-state index is 11.8. The zero-order chi connectivity index (χ0) is 12.7. The summed E-state index contributed by atoms with van der Waals surface area (Å²) in [6.07, 6.45) is 0.983. The fourth-order valence-corrected chi connectivity index (χ4v) is 2.97. The molecule has 1 aliphatic heterocycles. The van der Waals surface area contributed by atoms with Gasteiger partial charge in [-0.1, -0.05) is 12.1 Å². The lowest BCUT2D eigenvalue weighted by atomic mass is 9.95. The number of imide groups is 1. The summed E-state index contributed by atoms with van der Waals surface area (Å²) in [5, 5.41) is 3.49. The summed E-state index contributed by atoms with van der Waals surface area (Å²) in [4.78, 5) is 26.2. The Labute approximate surface area is 117 Å². The first-order chi connectivity index (χ1) is 8.65. The second-order valence-electron chi connectivity index (χ2n) is 4.43. The van der Waals surface area contributed by atoms with Gasteiger partial charge in [-0.2, -0.15) is 0 Å². The first-order valence-electron chi connectivity index (χ1n) is 5.76. The van der Waals surface area contributed by atoms with Crippen LogP contribution in [0.4, 0.5) is 0 Å². The molecule has 1 saturated heterocycles. The van der Waals surface area contributed by atoms with Gasteiger partial charge in [-0.25, -0.2) is 0 Å². The third-order valence-corrected chi connectivity index (χ3v) is 4.14. The van der Waals surface area contributed by atoms with Crippen molar-refractivity contribution >= 4 is 45.3 Å². The number of piperidine rings is 1. The molecule has 0 saturated carbocycles. The van der Waals surface area contributed by atoms with Crippen molar-refractivity contribution in [1.29, 1.82) is 0 Å². The van der Waals surface area contributed by atoms with Gasteiger partial charge < -0.3 is 4.98 Å². The summed E-state index contributed by atoms with van der Waals surface area (Å²) in [6.45, 7) is 0. The molecule has 0 bridgehead atoms. The molecular weight excluding hydrogens is 343 g/mol. The second-order valence-corrected chi connectivity index (χ2v) is 5.59. The van der Waals surface area contributed by atoms with Crippen LogP contribution >= 0.6 is 22.6 Å². The highest BCUT2D eigenvalue weighted by Crippen LogP contribution is 2.29. The van der Waals surface area contributed by atoms with Crippen molar-refractivity contribution < 1.29 is 9.59 Å². The molecule has 1 aromatic carbocycles. The van der Waals surface area contributed by atoms with E-state index in [1.807, 2.05) is 24.3 Å². The van der Waals surface area contributed by atoms with Crippen LogP contribution in [0, 0.1) is 3.57 Å². The van der Waals surface area contributed by atoms with Gasteiger partial charge in [0, 0.05) is 21.1 Å². The molecule has 0 spiro atoms. The third kappa shape index (κ3) is 1.92. The van der Waals surface area contributed by atoms with Crippen LogP contribution in [0.3, 0.4) is 0 Å². The van der Waals surface area contributed by atoms with Crippen LogP contribution < -0.4 is 5.32 Å². The number of aromatic nitrogens is 1. The van der Waals surface area contributed by atoms with Crippen molar-refractivity contribution in [3.8, 4) is 0 Å². The van der Waals surface area contributed by atoms with E-state index >= 15 is 0 Å². The Morgan fingerprint density at radius 3 is 2.83 bits per heavy atom. The molecule has 2 heterocycles. The minimum absolute atomic E-state index is 0.179. The predicted octanol–water partition coefficient (Wildman–Crippen LogP) is 2.29. The molecule has 4 nitrogen and oxygen atoms in total. The minimum atomic E-state index is -0.245. The molecule has 0 radical (unpaired) electrons. The van der Waals surface area contributed by atoms with E-state index in [2.05, 4.69) is 32.9 Å². The van der Waals surface area contributed by atoms with Crippen molar-refractivity contribution in [2.45, 2.75) is 18.8 Å². The lowest BCUT2D eigenvalue weighted by Gasteiger charge is -2.19. The number of carbonyl (C=O) groups excluding carboxylic acids is 2. The summed E-state index contributed by atoms with van der Waals surface area (Å²) < 4.78 is 1.13. The molecular formula is C13H11IN2O2. The molecule has 1 aromatic heterocycles. The lowest BCUT2D eigenvalue weighted by Crippen LogP contribution is -2.39. The first kappa shape index (κ1) is 11.7. The maximum absolute atomic E-state index is 11.8. The van der Waals surface area contributed by atoms with E-state index in [1.165, 1.54) is 0 Å². The van der Waals surface area contributed by atoms with E-state index in [1.54, 1.807) is 0 Å². The Morgan fingerprint density at radius 1 is 1.28 bits per heavy atom. The largest absolute Gasteiger partial charge is 0.357 e. The number of aromatic amines is 1. The number of rotatable bonds is 1. The summed E-state index contributed by atoms with van der Waals surface area (Å²) in [5.74, 6) is -0.624. The number of benzene rings is 1. The zero-order valence-corrected chi connectivity index (χ0v) is 11.7. The third-order valence-electron chi connectivity index (χ3n) is 3.24. The predicted molar refractivity (Wildman–Crippen MR) is 76.1 cm³/mol. The van der Waals surface area contributed by atoms with Crippen LogP contribution in [0.1, 0.15) is 24.5 Å². The first-order valence-corrected chi connectivity index (χ1v) is 6.84. The van der Waals surface area contributed by atoms with Crippen molar-refractivity contribution in [3.63, 3.8) is 0 Å². The molecule has 2 amide bonds. The number of nitrogens with one attached hydrogen (secondary N) is 2. The summed E-state index contributed by atoms with van der Waals surface area (Å²) >= 11 is 2.26. The summed E-state index contributed by atoms with van der Waals surface area (Å²) in [5.41, 5.74) is 1.94. The van der Waals surface area contributed by atoms with Gasteiger partial charge >= 0.3 is 0 Å². The molecule has 1 atom stereocenters. The SMILES string of the molecule is O=C1CCC(c2cc3cccc(I)c3[nH]2)C(=O)N1. The number of carbonyl (C=O) groups is 2. The van der Waals surface area contributed by atoms with Crippen LogP contribution in [0.25, 0.3) is 10.9 Å². The zero-order valence-electron chi connectivity index (χ0n) is 9.50. The van der Waals surface area contributed by atoms with Gasteiger partial charge in [0.2, 0.25) is 11.8 Å². The summed E-state index contributed by atoms with van der Waals surface area (Å²) in [6, 6.07) is 8.03. The topological polar surface area (TPSA) is 62.0 Å². The number of fused-ring (bicyclic) bond motifs is 1. The molecule has 92 valence electrons. The van der Waals surface area contributed by atoms with Crippen molar-refractivity contribution in [2.24, 2.45) is 0 Å². The summed E-state index contributed by atoms with van der Waals surface area (Å²) in [7, 11) is 0. The molecule has 3 rings (SSSR count). The molecule has 2 aromatic rings. The fraction of sp³-hybridized carbons (Fsp3) is 0.231. The molecule has 18 heavy (non-hydrogen) atoms. The van der Waals surface area contributed by atoms with Crippen LogP contribution in [0.15, 0.2) is 24.3 Å². The number of amides is 2. The molecule has 1 fully saturated rings. The van der Waals surface area contributed by atoms with Crippen molar-refractivity contribution in [3.05, 3.63) is 33.5 Å². The number of halogens is 1. The van der Waals surface area contributed by atoms with E-state index in [-0.39, 0.29) is 17.7 Å². The molecule has 1 unspecified atom stereocenters. The van der Waals surface area contributed by atoms with Crippen molar-refractivity contribution in [2.75, 3.05) is 0 Å². The average Bonchev–Trinajstić information content (AvgIpc) is 2.74. The van der Waals surface area contributed by atoms with E-state index in [9.17, 15) is 9.59 Å². The highest BCUT2D eigenvalue weighted by atomic mass is 127. The van der Waals surface area contributed by atoms with E-state index in [0.717, 1.165) is 20.2 Å².